The van der Waals surface area contributed by atoms with Crippen LogP contribution in [0.1, 0.15) is 13.8 Å². The van der Waals surface area contributed by atoms with Crippen molar-refractivity contribution in [2.24, 2.45) is 0 Å². The van der Waals surface area contributed by atoms with Crippen LogP contribution in [-0.4, -0.2) is 13.7 Å². The summed E-state index contributed by atoms with van der Waals surface area (Å²) in [5, 5.41) is 0. The quantitative estimate of drug-likeness (QED) is 0.589. The predicted octanol–water partition coefficient (Wildman–Crippen LogP) is 3.01. The van der Waals surface area contributed by atoms with Crippen LogP contribution in [0.25, 0.3) is 0 Å². The van der Waals surface area contributed by atoms with Gasteiger partial charge < -0.3 is 4.74 Å². The van der Waals surface area contributed by atoms with Crippen LogP contribution in [0.3, 0.4) is 0 Å². The summed E-state index contributed by atoms with van der Waals surface area (Å²) >= 11 is 0. The molecule has 0 radical (unpaired) electrons. The standard InChI is InChI=1S/C10H15FO/c1-8(2)5-6-10(7-12-4)9(3)11/h5-6H,1,7H2,2-4H3/b6-5-,10-9-. The highest BCUT2D eigenvalue weighted by Gasteiger charge is 1.96. The Morgan fingerprint density at radius 2 is 2.00 bits per heavy atom. The fourth-order valence-electron chi connectivity index (χ4n) is 0.661. The van der Waals surface area contributed by atoms with Crippen molar-refractivity contribution in [3.8, 4) is 0 Å². The van der Waals surface area contributed by atoms with Gasteiger partial charge in [0.25, 0.3) is 0 Å². The molecule has 1 nitrogen and oxygen atoms in total. The fraction of sp³-hybridized carbons (Fsp3) is 0.400. The topological polar surface area (TPSA) is 9.23 Å². The van der Waals surface area contributed by atoms with Gasteiger partial charge in [-0.3, -0.25) is 0 Å². The van der Waals surface area contributed by atoms with Crippen LogP contribution in [0.15, 0.2) is 35.7 Å². The van der Waals surface area contributed by atoms with Gasteiger partial charge in [-0.05, 0) is 13.8 Å². The molecule has 0 aromatic carbocycles. The van der Waals surface area contributed by atoms with Gasteiger partial charge in [-0.2, -0.15) is 0 Å². The van der Waals surface area contributed by atoms with Gasteiger partial charge in [0.2, 0.25) is 0 Å². The van der Waals surface area contributed by atoms with Crippen molar-refractivity contribution in [2.45, 2.75) is 13.8 Å². The van der Waals surface area contributed by atoms with Crippen molar-refractivity contribution in [1.29, 1.82) is 0 Å². The highest BCUT2D eigenvalue weighted by molar-refractivity contribution is 5.27. The Balaban J connectivity index is 4.35. The molecular formula is C10H15FO. The molecule has 2 heteroatoms. The number of ether oxygens (including phenoxy) is 1. The molecule has 12 heavy (non-hydrogen) atoms. The molecule has 0 aromatic heterocycles. The lowest BCUT2D eigenvalue weighted by Crippen LogP contribution is -1.92. The van der Waals surface area contributed by atoms with E-state index in [1.807, 2.05) is 6.92 Å². The first-order chi connectivity index (χ1) is 5.57. The van der Waals surface area contributed by atoms with E-state index in [0.29, 0.717) is 12.2 Å². The minimum absolute atomic E-state index is 0.214. The first kappa shape index (κ1) is 11.1. The SMILES string of the molecule is C=C(C)/C=C\C(COC)=C(/C)F. The lowest BCUT2D eigenvalue weighted by Gasteiger charge is -2.00. The van der Waals surface area contributed by atoms with Gasteiger partial charge in [-0.1, -0.05) is 24.3 Å². The molecule has 0 aliphatic heterocycles. The summed E-state index contributed by atoms with van der Waals surface area (Å²) in [6.45, 7) is 7.24. The van der Waals surface area contributed by atoms with Crippen LogP contribution in [-0.2, 0) is 4.74 Å². The van der Waals surface area contributed by atoms with Gasteiger partial charge in [0, 0.05) is 12.7 Å². The van der Waals surface area contributed by atoms with Crippen LogP contribution >= 0.6 is 0 Å². The van der Waals surface area contributed by atoms with Crippen molar-refractivity contribution in [1.82, 2.24) is 0 Å². The molecule has 0 unspecified atom stereocenters. The molecule has 0 saturated heterocycles. The summed E-state index contributed by atoms with van der Waals surface area (Å²) in [7, 11) is 1.54. The maximum Gasteiger partial charge on any atom is 0.102 e. The number of halogens is 1. The van der Waals surface area contributed by atoms with Gasteiger partial charge in [-0.25, -0.2) is 4.39 Å². The van der Waals surface area contributed by atoms with Crippen molar-refractivity contribution in [3.05, 3.63) is 35.7 Å². The molecule has 0 amide bonds. The lowest BCUT2D eigenvalue weighted by atomic mass is 10.2. The predicted molar refractivity (Wildman–Crippen MR) is 49.6 cm³/mol. The van der Waals surface area contributed by atoms with Gasteiger partial charge in [0.05, 0.1) is 6.61 Å². The van der Waals surface area contributed by atoms with E-state index >= 15 is 0 Å². The molecule has 68 valence electrons. The zero-order valence-corrected chi connectivity index (χ0v) is 7.86. The average molecular weight is 170 g/mol. The highest BCUT2D eigenvalue weighted by Crippen LogP contribution is 2.08. The number of methoxy groups -OCH3 is 1. The Bertz CT molecular complexity index is 210. The molecule has 0 N–H and O–H groups in total. The van der Waals surface area contributed by atoms with E-state index in [9.17, 15) is 4.39 Å². The third-order valence-electron chi connectivity index (χ3n) is 1.31. The molecule has 0 heterocycles. The smallest absolute Gasteiger partial charge is 0.102 e. The number of allylic oxidation sites excluding steroid dienone is 3. The van der Waals surface area contributed by atoms with Crippen LogP contribution < -0.4 is 0 Å². The maximum absolute atomic E-state index is 12.7. The minimum Gasteiger partial charge on any atom is -0.380 e. The van der Waals surface area contributed by atoms with E-state index in [1.54, 1.807) is 12.2 Å². The zero-order chi connectivity index (χ0) is 9.56. The Kier molecular flexibility index (Phi) is 5.30. The lowest BCUT2D eigenvalue weighted by molar-refractivity contribution is 0.226. The fourth-order valence-corrected chi connectivity index (χ4v) is 0.661. The van der Waals surface area contributed by atoms with Crippen LogP contribution in [0.5, 0.6) is 0 Å². The number of hydrogen-bond donors (Lipinski definition) is 0. The van der Waals surface area contributed by atoms with Crippen molar-refractivity contribution >= 4 is 0 Å². The number of hydrogen-bond acceptors (Lipinski definition) is 1. The molecular weight excluding hydrogens is 155 g/mol. The van der Waals surface area contributed by atoms with Crippen molar-refractivity contribution < 1.29 is 9.13 Å². The molecule has 0 bridgehead atoms. The van der Waals surface area contributed by atoms with E-state index in [-0.39, 0.29) is 5.83 Å². The molecule has 0 rings (SSSR count). The van der Waals surface area contributed by atoms with Gasteiger partial charge in [-0.15, -0.1) is 0 Å². The van der Waals surface area contributed by atoms with Crippen LogP contribution in [0.4, 0.5) is 4.39 Å². The molecule has 0 aromatic rings. The Labute approximate surface area is 73.2 Å². The first-order valence-corrected chi connectivity index (χ1v) is 3.75. The van der Waals surface area contributed by atoms with E-state index < -0.39 is 0 Å². The summed E-state index contributed by atoms with van der Waals surface area (Å²) in [6, 6.07) is 0. The van der Waals surface area contributed by atoms with E-state index in [4.69, 9.17) is 4.74 Å². The summed E-state index contributed by atoms with van der Waals surface area (Å²) < 4.78 is 17.5. The highest BCUT2D eigenvalue weighted by atomic mass is 19.1. The maximum atomic E-state index is 12.7. The largest absolute Gasteiger partial charge is 0.380 e. The molecule has 0 aliphatic carbocycles. The normalized spacial score (nSPS) is 13.3. The summed E-state index contributed by atoms with van der Waals surface area (Å²) in [4.78, 5) is 0. The van der Waals surface area contributed by atoms with Crippen LogP contribution in [0, 0.1) is 0 Å². The molecule has 0 fully saturated rings. The summed E-state index contributed by atoms with van der Waals surface area (Å²) in [5.41, 5.74) is 1.45. The second kappa shape index (κ2) is 5.72. The Hall–Kier alpha value is -0.890. The van der Waals surface area contributed by atoms with Crippen molar-refractivity contribution in [3.63, 3.8) is 0 Å². The molecule has 0 saturated carbocycles. The minimum atomic E-state index is -0.214. The third kappa shape index (κ3) is 4.85. The Morgan fingerprint density at radius 3 is 2.33 bits per heavy atom. The average Bonchev–Trinajstić information content (AvgIpc) is 1.96. The second-order valence-corrected chi connectivity index (χ2v) is 2.67. The number of rotatable bonds is 4. The third-order valence-corrected chi connectivity index (χ3v) is 1.31. The molecule has 0 spiro atoms. The van der Waals surface area contributed by atoms with E-state index in [2.05, 4.69) is 6.58 Å². The van der Waals surface area contributed by atoms with Gasteiger partial charge in [0.15, 0.2) is 0 Å². The molecule has 0 aliphatic rings. The molecule has 0 atom stereocenters. The monoisotopic (exact) mass is 170 g/mol. The van der Waals surface area contributed by atoms with Gasteiger partial charge in [0.1, 0.15) is 5.83 Å². The van der Waals surface area contributed by atoms with Gasteiger partial charge >= 0.3 is 0 Å². The summed E-state index contributed by atoms with van der Waals surface area (Å²) in [5.74, 6) is -0.214. The van der Waals surface area contributed by atoms with E-state index in [0.717, 1.165) is 5.57 Å². The van der Waals surface area contributed by atoms with Crippen LogP contribution in [0.2, 0.25) is 0 Å². The van der Waals surface area contributed by atoms with Crippen molar-refractivity contribution in [2.75, 3.05) is 13.7 Å². The zero-order valence-electron chi connectivity index (χ0n) is 7.86. The first-order valence-electron chi connectivity index (χ1n) is 3.75. The second-order valence-electron chi connectivity index (χ2n) is 2.67. The van der Waals surface area contributed by atoms with E-state index in [1.165, 1.54) is 14.0 Å². The Morgan fingerprint density at radius 1 is 1.42 bits per heavy atom. The summed E-state index contributed by atoms with van der Waals surface area (Å²) in [6.07, 6.45) is 3.44.